The molecule has 3 rings (SSSR count). The van der Waals surface area contributed by atoms with Gasteiger partial charge >= 0.3 is 6.29 Å². The lowest BCUT2D eigenvalue weighted by atomic mass is 10.1. The van der Waals surface area contributed by atoms with Gasteiger partial charge in [0, 0.05) is 0 Å². The number of alkyl halides is 2. The van der Waals surface area contributed by atoms with Crippen molar-refractivity contribution in [3.8, 4) is 11.5 Å². The maximum Gasteiger partial charge on any atom is 0.586 e. The number of halogens is 2. The van der Waals surface area contributed by atoms with E-state index in [1.807, 2.05) is 30.3 Å². The van der Waals surface area contributed by atoms with Crippen LogP contribution in [0.4, 0.5) is 14.5 Å². The van der Waals surface area contributed by atoms with Gasteiger partial charge in [-0.25, -0.2) is 0 Å². The maximum absolute atomic E-state index is 13.1. The molecule has 7 heteroatoms. The summed E-state index contributed by atoms with van der Waals surface area (Å²) in [5.74, 6) is -0.844. The van der Waals surface area contributed by atoms with Gasteiger partial charge in [0.1, 0.15) is 0 Å². The third kappa shape index (κ3) is 3.40. The van der Waals surface area contributed by atoms with Crippen LogP contribution in [-0.2, 0) is 11.2 Å². The van der Waals surface area contributed by atoms with Gasteiger partial charge in [0.25, 0.3) is 0 Å². The van der Waals surface area contributed by atoms with Crippen LogP contribution in [0.25, 0.3) is 0 Å². The monoisotopic (exact) mass is 320 g/mol. The molecule has 0 bridgehead atoms. The number of hydrogen-bond donors (Lipinski definition) is 2. The minimum Gasteiger partial charge on any atom is -0.395 e. The molecule has 5 nitrogen and oxygen atoms in total. The SMILES string of the molecule is NC(Cc1ccccc1)C(=O)Nc1cccc2c1OC(F)(F)O2. The highest BCUT2D eigenvalue weighted by Crippen LogP contribution is 2.45. The van der Waals surface area contributed by atoms with Gasteiger partial charge in [-0.15, -0.1) is 8.78 Å². The zero-order valence-electron chi connectivity index (χ0n) is 12.0. The number of anilines is 1. The second-order valence-corrected chi connectivity index (χ2v) is 5.09. The normalized spacial score (nSPS) is 16.0. The van der Waals surface area contributed by atoms with Gasteiger partial charge in [0.15, 0.2) is 11.5 Å². The molecule has 120 valence electrons. The Morgan fingerprint density at radius 1 is 1.13 bits per heavy atom. The summed E-state index contributed by atoms with van der Waals surface area (Å²) < 4.78 is 35.0. The molecular weight excluding hydrogens is 306 g/mol. The molecule has 0 saturated heterocycles. The number of benzene rings is 2. The second-order valence-electron chi connectivity index (χ2n) is 5.09. The van der Waals surface area contributed by atoms with Crippen LogP contribution >= 0.6 is 0 Å². The Labute approximate surface area is 131 Å². The van der Waals surface area contributed by atoms with Crippen molar-refractivity contribution in [3.05, 3.63) is 54.1 Å². The number of carbonyl (C=O) groups is 1. The molecule has 23 heavy (non-hydrogen) atoms. The quantitative estimate of drug-likeness (QED) is 0.908. The zero-order chi connectivity index (χ0) is 16.4. The van der Waals surface area contributed by atoms with Crippen molar-refractivity contribution >= 4 is 11.6 Å². The van der Waals surface area contributed by atoms with E-state index in [9.17, 15) is 13.6 Å². The van der Waals surface area contributed by atoms with Gasteiger partial charge in [0.2, 0.25) is 5.91 Å². The number of rotatable bonds is 4. The predicted molar refractivity (Wildman–Crippen MR) is 79.4 cm³/mol. The second kappa shape index (κ2) is 5.85. The first kappa shape index (κ1) is 15.2. The van der Waals surface area contributed by atoms with Crippen molar-refractivity contribution in [2.75, 3.05) is 5.32 Å². The topological polar surface area (TPSA) is 73.6 Å². The molecule has 1 aliphatic rings. The van der Waals surface area contributed by atoms with Gasteiger partial charge < -0.3 is 20.5 Å². The third-order valence-corrected chi connectivity index (χ3v) is 3.32. The number of nitrogens with one attached hydrogen (secondary N) is 1. The van der Waals surface area contributed by atoms with Crippen LogP contribution in [0, 0.1) is 0 Å². The molecule has 1 unspecified atom stereocenters. The van der Waals surface area contributed by atoms with Gasteiger partial charge in [-0.1, -0.05) is 36.4 Å². The van der Waals surface area contributed by atoms with Gasteiger partial charge in [0.05, 0.1) is 11.7 Å². The Bertz CT molecular complexity index is 723. The average molecular weight is 320 g/mol. The van der Waals surface area contributed by atoms with Crippen LogP contribution in [0.15, 0.2) is 48.5 Å². The molecule has 2 aromatic rings. The molecule has 0 aliphatic carbocycles. The molecule has 0 aromatic heterocycles. The van der Waals surface area contributed by atoms with Crippen molar-refractivity contribution in [3.63, 3.8) is 0 Å². The number of fused-ring (bicyclic) bond motifs is 1. The molecule has 3 N–H and O–H groups in total. The highest BCUT2D eigenvalue weighted by atomic mass is 19.3. The van der Waals surface area contributed by atoms with Crippen molar-refractivity contribution in [1.29, 1.82) is 0 Å². The van der Waals surface area contributed by atoms with E-state index in [1.165, 1.54) is 18.2 Å². The fraction of sp³-hybridized carbons (Fsp3) is 0.188. The fourth-order valence-electron chi connectivity index (χ4n) is 2.25. The van der Waals surface area contributed by atoms with E-state index >= 15 is 0 Å². The average Bonchev–Trinajstić information content (AvgIpc) is 2.83. The number of hydrogen-bond acceptors (Lipinski definition) is 4. The molecule has 0 radical (unpaired) electrons. The minimum absolute atomic E-state index is 0.0909. The Morgan fingerprint density at radius 3 is 2.61 bits per heavy atom. The first-order chi connectivity index (χ1) is 10.9. The summed E-state index contributed by atoms with van der Waals surface area (Å²) in [5.41, 5.74) is 6.86. The molecular formula is C16H14F2N2O3. The van der Waals surface area contributed by atoms with Gasteiger partial charge in [-0.3, -0.25) is 4.79 Å². The zero-order valence-corrected chi connectivity index (χ0v) is 12.0. The highest BCUT2D eigenvalue weighted by molar-refractivity contribution is 5.96. The number of amides is 1. The summed E-state index contributed by atoms with van der Waals surface area (Å²) in [7, 11) is 0. The van der Waals surface area contributed by atoms with Crippen LogP contribution in [0.5, 0.6) is 11.5 Å². The minimum atomic E-state index is -3.74. The van der Waals surface area contributed by atoms with Crippen molar-refractivity contribution < 1.29 is 23.0 Å². The Kier molecular flexibility index (Phi) is 3.87. The number of nitrogens with two attached hydrogens (primary N) is 1. The number of carbonyl (C=O) groups excluding carboxylic acids is 1. The predicted octanol–water partition coefficient (Wildman–Crippen LogP) is 2.52. The van der Waals surface area contributed by atoms with Gasteiger partial charge in [-0.05, 0) is 24.1 Å². The van der Waals surface area contributed by atoms with E-state index in [-0.39, 0.29) is 17.2 Å². The standard InChI is InChI=1S/C16H14F2N2O3/c17-16(18)22-13-8-4-7-12(14(13)23-16)20-15(21)11(19)9-10-5-2-1-3-6-10/h1-8,11H,9,19H2,(H,20,21). The molecule has 1 amide bonds. The summed E-state index contributed by atoms with van der Waals surface area (Å²) in [6, 6.07) is 12.7. The molecule has 0 saturated carbocycles. The van der Waals surface area contributed by atoms with E-state index in [0.29, 0.717) is 6.42 Å². The van der Waals surface area contributed by atoms with E-state index < -0.39 is 18.2 Å². The highest BCUT2D eigenvalue weighted by Gasteiger charge is 2.44. The van der Waals surface area contributed by atoms with Crippen molar-refractivity contribution in [2.45, 2.75) is 18.8 Å². The van der Waals surface area contributed by atoms with Crippen LogP contribution in [-0.4, -0.2) is 18.2 Å². The molecule has 0 spiro atoms. The van der Waals surface area contributed by atoms with E-state index in [4.69, 9.17) is 5.73 Å². The lowest BCUT2D eigenvalue weighted by molar-refractivity contribution is -0.286. The Balaban J connectivity index is 1.71. The van der Waals surface area contributed by atoms with Crippen LogP contribution in [0.1, 0.15) is 5.56 Å². The fourth-order valence-corrected chi connectivity index (χ4v) is 2.25. The summed E-state index contributed by atoms with van der Waals surface area (Å²) in [6.07, 6.45) is -3.41. The van der Waals surface area contributed by atoms with E-state index in [2.05, 4.69) is 14.8 Å². The van der Waals surface area contributed by atoms with Crippen LogP contribution < -0.4 is 20.5 Å². The van der Waals surface area contributed by atoms with Crippen LogP contribution in [0.2, 0.25) is 0 Å². The van der Waals surface area contributed by atoms with E-state index in [1.54, 1.807) is 0 Å². The molecule has 1 atom stereocenters. The Hall–Kier alpha value is -2.67. The maximum atomic E-state index is 13.1. The van der Waals surface area contributed by atoms with Crippen LogP contribution in [0.3, 0.4) is 0 Å². The first-order valence-corrected chi connectivity index (χ1v) is 6.94. The first-order valence-electron chi connectivity index (χ1n) is 6.94. The van der Waals surface area contributed by atoms with Gasteiger partial charge in [-0.2, -0.15) is 0 Å². The van der Waals surface area contributed by atoms with E-state index in [0.717, 1.165) is 5.56 Å². The summed E-state index contributed by atoms with van der Waals surface area (Å²) in [5, 5.41) is 2.50. The lowest BCUT2D eigenvalue weighted by Gasteiger charge is -2.13. The third-order valence-electron chi connectivity index (χ3n) is 3.32. The summed E-state index contributed by atoms with van der Waals surface area (Å²) in [6.45, 7) is 0. The summed E-state index contributed by atoms with van der Waals surface area (Å²) in [4.78, 5) is 12.2. The molecule has 1 heterocycles. The smallest absolute Gasteiger partial charge is 0.395 e. The lowest BCUT2D eigenvalue weighted by Crippen LogP contribution is -2.37. The van der Waals surface area contributed by atoms with Crippen molar-refractivity contribution in [2.24, 2.45) is 5.73 Å². The molecule has 0 fully saturated rings. The van der Waals surface area contributed by atoms with Crippen molar-refractivity contribution in [1.82, 2.24) is 0 Å². The molecule has 2 aromatic carbocycles. The molecule has 1 aliphatic heterocycles. The largest absolute Gasteiger partial charge is 0.586 e. The number of para-hydroxylation sites is 1. The number of ether oxygens (including phenoxy) is 2. The Morgan fingerprint density at radius 2 is 1.87 bits per heavy atom. The summed E-state index contributed by atoms with van der Waals surface area (Å²) >= 11 is 0.